The summed E-state index contributed by atoms with van der Waals surface area (Å²) in [5.74, 6) is 0.699. The molecule has 1 radical (unpaired) electrons. The SMILES string of the molecule is Cn1ncnc1C[NH]. The summed E-state index contributed by atoms with van der Waals surface area (Å²) < 4.78 is 1.59. The predicted octanol–water partition coefficient (Wildman–Crippen LogP) is -0.402. The van der Waals surface area contributed by atoms with E-state index in [9.17, 15) is 0 Å². The van der Waals surface area contributed by atoms with E-state index in [2.05, 4.69) is 10.1 Å². The Bertz CT molecular complexity index is 168. The van der Waals surface area contributed by atoms with Gasteiger partial charge in [-0.1, -0.05) is 0 Å². The van der Waals surface area contributed by atoms with E-state index in [1.165, 1.54) is 6.33 Å². The number of rotatable bonds is 1. The van der Waals surface area contributed by atoms with Gasteiger partial charge in [0.15, 0.2) is 0 Å². The molecule has 1 heterocycles. The molecule has 1 aromatic heterocycles. The first-order chi connectivity index (χ1) is 3.84. The highest BCUT2D eigenvalue weighted by atomic mass is 15.3. The molecule has 0 aliphatic rings. The van der Waals surface area contributed by atoms with Crippen molar-refractivity contribution in [3.63, 3.8) is 0 Å². The standard InChI is InChI=1S/C4H7N4/c1-8-4(2-5)6-3-7-8/h3,5H,2H2,1H3. The second kappa shape index (κ2) is 1.92. The first-order valence-corrected chi connectivity index (χ1v) is 2.32. The summed E-state index contributed by atoms with van der Waals surface area (Å²) in [4.78, 5) is 3.80. The summed E-state index contributed by atoms with van der Waals surface area (Å²) in [6, 6.07) is 0. The molecule has 0 aliphatic heterocycles. The number of aryl methyl sites for hydroxylation is 1. The fourth-order valence-corrected chi connectivity index (χ4v) is 0.480. The summed E-state index contributed by atoms with van der Waals surface area (Å²) in [7, 11) is 1.77. The largest absolute Gasteiger partial charge is 0.252 e. The maximum atomic E-state index is 6.88. The average molecular weight is 111 g/mol. The van der Waals surface area contributed by atoms with Crippen LogP contribution in [0, 0.1) is 0 Å². The van der Waals surface area contributed by atoms with E-state index < -0.39 is 0 Å². The number of hydrogen-bond acceptors (Lipinski definition) is 2. The van der Waals surface area contributed by atoms with Crippen molar-refractivity contribution in [1.82, 2.24) is 20.5 Å². The summed E-state index contributed by atoms with van der Waals surface area (Å²) in [5, 5.41) is 3.77. The van der Waals surface area contributed by atoms with Gasteiger partial charge in [-0.3, -0.25) is 4.68 Å². The Balaban J connectivity index is 2.92. The number of aromatic nitrogens is 3. The monoisotopic (exact) mass is 111 g/mol. The summed E-state index contributed by atoms with van der Waals surface area (Å²) in [6.45, 7) is 0.205. The molecule has 1 N–H and O–H groups in total. The van der Waals surface area contributed by atoms with Crippen LogP contribution in [0.3, 0.4) is 0 Å². The smallest absolute Gasteiger partial charge is 0.141 e. The molecular formula is C4H7N4. The van der Waals surface area contributed by atoms with Crippen molar-refractivity contribution in [2.45, 2.75) is 6.54 Å². The van der Waals surface area contributed by atoms with E-state index in [4.69, 9.17) is 5.73 Å². The van der Waals surface area contributed by atoms with Crippen molar-refractivity contribution < 1.29 is 0 Å². The van der Waals surface area contributed by atoms with E-state index in [-0.39, 0.29) is 6.54 Å². The Morgan fingerprint density at radius 1 is 1.88 bits per heavy atom. The minimum absolute atomic E-state index is 0.205. The normalized spacial score (nSPS) is 9.75. The first-order valence-electron chi connectivity index (χ1n) is 2.32. The van der Waals surface area contributed by atoms with Crippen molar-refractivity contribution in [3.8, 4) is 0 Å². The van der Waals surface area contributed by atoms with Gasteiger partial charge in [0.25, 0.3) is 0 Å². The topological polar surface area (TPSA) is 54.5 Å². The molecule has 8 heavy (non-hydrogen) atoms. The van der Waals surface area contributed by atoms with Gasteiger partial charge < -0.3 is 0 Å². The fraction of sp³-hybridized carbons (Fsp3) is 0.500. The third-order valence-corrected chi connectivity index (χ3v) is 0.963. The molecule has 0 saturated heterocycles. The van der Waals surface area contributed by atoms with E-state index in [0.29, 0.717) is 5.82 Å². The van der Waals surface area contributed by atoms with E-state index in [0.717, 1.165) is 0 Å². The number of nitrogens with one attached hydrogen (secondary N) is 1. The molecule has 4 nitrogen and oxygen atoms in total. The molecule has 0 fully saturated rings. The van der Waals surface area contributed by atoms with Crippen LogP contribution in [0.25, 0.3) is 0 Å². The molecular weight excluding hydrogens is 104 g/mol. The molecule has 1 aromatic rings. The Morgan fingerprint density at radius 3 is 2.88 bits per heavy atom. The molecule has 0 atom stereocenters. The van der Waals surface area contributed by atoms with Gasteiger partial charge in [-0.25, -0.2) is 10.7 Å². The second-order valence-corrected chi connectivity index (χ2v) is 1.48. The lowest BCUT2D eigenvalue weighted by Crippen LogP contribution is -1.98. The lowest BCUT2D eigenvalue weighted by atomic mass is 10.6. The van der Waals surface area contributed by atoms with Crippen molar-refractivity contribution in [2.24, 2.45) is 7.05 Å². The van der Waals surface area contributed by atoms with Crippen LogP contribution in [0.2, 0.25) is 0 Å². The maximum absolute atomic E-state index is 6.88. The molecule has 0 spiro atoms. The van der Waals surface area contributed by atoms with Crippen LogP contribution in [0.4, 0.5) is 0 Å². The van der Waals surface area contributed by atoms with Gasteiger partial charge in [0, 0.05) is 7.05 Å². The first kappa shape index (κ1) is 5.24. The molecule has 0 saturated carbocycles. The van der Waals surface area contributed by atoms with Crippen LogP contribution in [0.15, 0.2) is 6.33 Å². The predicted molar refractivity (Wildman–Crippen MR) is 27.8 cm³/mol. The second-order valence-electron chi connectivity index (χ2n) is 1.48. The molecule has 1 rings (SSSR count). The summed E-state index contributed by atoms with van der Waals surface area (Å²) in [6.07, 6.45) is 1.45. The van der Waals surface area contributed by atoms with Gasteiger partial charge in [-0.05, 0) is 0 Å². The minimum atomic E-state index is 0.205. The lowest BCUT2D eigenvalue weighted by molar-refractivity contribution is 0.697. The Hall–Kier alpha value is -0.900. The van der Waals surface area contributed by atoms with Crippen LogP contribution in [-0.4, -0.2) is 14.8 Å². The highest BCUT2D eigenvalue weighted by molar-refractivity contribution is 4.79. The molecule has 4 heteroatoms. The fourth-order valence-electron chi connectivity index (χ4n) is 0.480. The molecule has 0 amide bonds. The van der Waals surface area contributed by atoms with Crippen LogP contribution in [-0.2, 0) is 13.6 Å². The third-order valence-electron chi connectivity index (χ3n) is 0.963. The van der Waals surface area contributed by atoms with Crippen molar-refractivity contribution in [1.29, 1.82) is 0 Å². The van der Waals surface area contributed by atoms with Gasteiger partial charge in [-0.2, -0.15) is 5.10 Å². The van der Waals surface area contributed by atoms with Crippen LogP contribution in [0.1, 0.15) is 5.82 Å². The van der Waals surface area contributed by atoms with Crippen LogP contribution in [0.5, 0.6) is 0 Å². The summed E-state index contributed by atoms with van der Waals surface area (Å²) in [5.41, 5.74) is 6.88. The minimum Gasteiger partial charge on any atom is -0.252 e. The zero-order chi connectivity index (χ0) is 5.98. The lowest BCUT2D eigenvalue weighted by Gasteiger charge is -1.89. The van der Waals surface area contributed by atoms with Crippen LogP contribution < -0.4 is 5.73 Å². The van der Waals surface area contributed by atoms with E-state index in [1.54, 1.807) is 11.7 Å². The Morgan fingerprint density at radius 2 is 2.62 bits per heavy atom. The molecule has 0 aliphatic carbocycles. The Kier molecular flexibility index (Phi) is 1.26. The third kappa shape index (κ3) is 0.696. The highest BCUT2D eigenvalue weighted by Gasteiger charge is 1.92. The zero-order valence-corrected chi connectivity index (χ0v) is 4.63. The van der Waals surface area contributed by atoms with Gasteiger partial charge in [0.2, 0.25) is 0 Å². The van der Waals surface area contributed by atoms with Gasteiger partial charge in [-0.15, -0.1) is 0 Å². The zero-order valence-electron chi connectivity index (χ0n) is 4.63. The average Bonchev–Trinajstić information content (AvgIpc) is 2.14. The van der Waals surface area contributed by atoms with Gasteiger partial charge in [0.05, 0.1) is 6.54 Å². The maximum Gasteiger partial charge on any atom is 0.141 e. The Labute approximate surface area is 47.3 Å². The van der Waals surface area contributed by atoms with E-state index >= 15 is 0 Å². The van der Waals surface area contributed by atoms with E-state index in [1.807, 2.05) is 0 Å². The molecule has 0 aromatic carbocycles. The summed E-state index contributed by atoms with van der Waals surface area (Å²) >= 11 is 0. The molecule has 43 valence electrons. The highest BCUT2D eigenvalue weighted by Crippen LogP contribution is 1.85. The van der Waals surface area contributed by atoms with Crippen molar-refractivity contribution >= 4 is 0 Å². The van der Waals surface area contributed by atoms with Crippen LogP contribution >= 0.6 is 0 Å². The van der Waals surface area contributed by atoms with Gasteiger partial charge in [0.1, 0.15) is 12.2 Å². The quantitative estimate of drug-likeness (QED) is 0.495. The number of hydrogen-bond donors (Lipinski definition) is 0. The number of nitrogens with zero attached hydrogens (tertiary/aromatic N) is 3. The van der Waals surface area contributed by atoms with Crippen molar-refractivity contribution in [3.05, 3.63) is 12.2 Å². The molecule has 0 bridgehead atoms. The molecule has 0 unspecified atom stereocenters. The van der Waals surface area contributed by atoms with Crippen molar-refractivity contribution in [2.75, 3.05) is 0 Å². The van der Waals surface area contributed by atoms with Gasteiger partial charge >= 0.3 is 0 Å².